The minimum Gasteiger partial charge on any atom is -0.493 e. The van der Waals surface area contributed by atoms with Gasteiger partial charge in [-0.25, -0.2) is 8.78 Å². The molecule has 272 valence electrons. The summed E-state index contributed by atoms with van der Waals surface area (Å²) >= 11 is 0. The summed E-state index contributed by atoms with van der Waals surface area (Å²) in [6.45, 7) is 10.2. The maximum absolute atomic E-state index is 14.0. The van der Waals surface area contributed by atoms with Crippen LogP contribution in [-0.4, -0.2) is 26.4 Å². The number of hydrogen-bond acceptors (Lipinski definition) is 2. The third-order valence-electron chi connectivity index (χ3n) is 9.36. The van der Waals surface area contributed by atoms with Crippen LogP contribution < -0.4 is 30.8 Å². The normalized spacial score (nSPS) is 15.7. The van der Waals surface area contributed by atoms with Gasteiger partial charge in [0.05, 0.1) is 13.2 Å². The predicted octanol–water partition coefficient (Wildman–Crippen LogP) is 8.21. The molecule has 0 unspecified atom stereocenters. The van der Waals surface area contributed by atoms with Crippen molar-refractivity contribution in [1.29, 1.82) is 0 Å². The van der Waals surface area contributed by atoms with Crippen LogP contribution in [0.5, 0.6) is 11.5 Å². The first-order chi connectivity index (χ1) is 26.0. The first kappa shape index (κ1) is 36.5. The predicted molar refractivity (Wildman–Crippen MR) is 213 cm³/mol. The summed E-state index contributed by atoms with van der Waals surface area (Å²) in [5.74, 6) is 0.927. The third-order valence-corrected chi connectivity index (χ3v) is 9.36. The van der Waals surface area contributed by atoms with E-state index >= 15 is 0 Å². The van der Waals surface area contributed by atoms with E-state index < -0.39 is 0 Å². The van der Waals surface area contributed by atoms with Crippen molar-refractivity contribution in [1.82, 2.24) is 0 Å². The highest BCUT2D eigenvalue weighted by atomic mass is 19.1. The minimum atomic E-state index is -0.292. The second-order valence-corrected chi connectivity index (χ2v) is 15.3. The average molecular weight is 723 g/mol. The number of ether oxygens (including phenoxy) is 2. The van der Waals surface area contributed by atoms with Gasteiger partial charge in [0.2, 0.25) is 0 Å². The largest absolute Gasteiger partial charge is 0.493 e. The van der Waals surface area contributed by atoms with Crippen molar-refractivity contribution < 1.29 is 18.3 Å². The fraction of sp³-hybridized carbons (Fsp3) is 0.208. The summed E-state index contributed by atoms with van der Waals surface area (Å²) in [5, 5.41) is 1.96. The van der Waals surface area contributed by atoms with Gasteiger partial charge < -0.3 is 9.47 Å². The van der Waals surface area contributed by atoms with Crippen molar-refractivity contribution >= 4 is 11.1 Å². The smallest absolute Gasteiger partial charge is 0.343 e. The molecule has 0 aliphatic carbocycles. The Bertz CT molecular complexity index is 2270. The van der Waals surface area contributed by atoms with Gasteiger partial charge >= 0.3 is 10.9 Å². The summed E-state index contributed by atoms with van der Waals surface area (Å²) in [4.78, 5) is 0. The van der Waals surface area contributed by atoms with E-state index in [0.29, 0.717) is 26.4 Å². The lowest BCUT2D eigenvalue weighted by Gasteiger charge is -2.25. The maximum Gasteiger partial charge on any atom is 0.343 e. The maximum atomic E-state index is 14.0. The highest BCUT2D eigenvalue weighted by Gasteiger charge is 2.30. The molecule has 0 saturated heterocycles. The fourth-order valence-electron chi connectivity index (χ4n) is 6.30. The van der Waals surface area contributed by atoms with Gasteiger partial charge in [0.25, 0.3) is 13.2 Å². The van der Waals surface area contributed by atoms with Crippen molar-refractivity contribution in [3.63, 3.8) is 0 Å². The van der Waals surface area contributed by atoms with E-state index in [4.69, 9.17) is 18.3 Å². The van der Waals surface area contributed by atoms with Crippen molar-refractivity contribution in [2.24, 2.45) is 10.8 Å². The standard InChI is InChI=1S/C48H44F2O4/c1-47(2)29-51-41-21-9-35(10-22-41)45(33-5-17-39(49)18-6-33)37-13-25-43(26-14-37)53-31-48(3,4)32-54-44-27-15-38(16-28-44)46(34-7-19-40(50)20-8-34)36-11-23-42(24-12-36)52-30-47/h5-28H,29-32H2,1-4H3/q+2. The quantitative estimate of drug-likeness (QED) is 0.169. The van der Waals surface area contributed by atoms with Gasteiger partial charge in [-0.05, 0) is 130 Å². The van der Waals surface area contributed by atoms with Gasteiger partial charge in [-0.2, -0.15) is 0 Å². The van der Waals surface area contributed by atoms with Gasteiger partial charge in [-0.1, -0.05) is 62.4 Å². The van der Waals surface area contributed by atoms with E-state index in [1.54, 1.807) is 24.3 Å². The van der Waals surface area contributed by atoms with E-state index in [-0.39, 0.29) is 22.5 Å². The first-order valence-electron chi connectivity index (χ1n) is 18.2. The summed E-state index contributed by atoms with van der Waals surface area (Å²) in [5.41, 5.74) is 6.62. The van der Waals surface area contributed by atoms with Crippen LogP contribution in [0.2, 0.25) is 0 Å². The minimum absolute atomic E-state index is 0.282. The SMILES string of the molecule is CC1(C)COc2ccc(cc2)C(c2ccc(F)cc2)=c2ccc(cc2)=[O+]CC(C)(C)C[O+]=c2ccc(cc2)=C(c2ccc(F)cc2)c2ccc(cc2)OC1. The molecule has 0 aromatic heterocycles. The highest BCUT2D eigenvalue weighted by Crippen LogP contribution is 2.27. The Balaban J connectivity index is 1.28. The Morgan fingerprint density at radius 2 is 0.722 bits per heavy atom. The van der Waals surface area contributed by atoms with Crippen LogP contribution in [0.1, 0.15) is 49.9 Å². The molecule has 6 aromatic carbocycles. The zero-order valence-electron chi connectivity index (χ0n) is 31.1. The zero-order chi connectivity index (χ0) is 37.7. The Kier molecular flexibility index (Phi) is 10.5. The molecule has 0 N–H and O–H groups in total. The van der Waals surface area contributed by atoms with E-state index in [9.17, 15) is 8.78 Å². The summed E-state index contributed by atoms with van der Waals surface area (Å²) in [6.07, 6.45) is 0. The van der Waals surface area contributed by atoms with Crippen molar-refractivity contribution in [3.05, 3.63) is 210 Å². The zero-order valence-corrected chi connectivity index (χ0v) is 31.1. The molecule has 13 rings (SSSR count). The van der Waals surface area contributed by atoms with Crippen molar-refractivity contribution in [3.8, 4) is 11.5 Å². The molecule has 0 radical (unpaired) electrons. The molecular weight excluding hydrogens is 679 g/mol. The second kappa shape index (κ2) is 15.6. The third kappa shape index (κ3) is 9.00. The molecular formula is C48H44F2O4+2. The molecule has 0 amide bonds. The number of rotatable bonds is 2. The van der Waals surface area contributed by atoms with E-state index in [1.165, 1.54) is 24.3 Å². The van der Waals surface area contributed by atoms with Crippen LogP contribution in [-0.2, 0) is 0 Å². The molecule has 54 heavy (non-hydrogen) atoms. The Morgan fingerprint density at radius 1 is 0.407 bits per heavy atom. The molecule has 0 fully saturated rings. The van der Waals surface area contributed by atoms with Gasteiger partial charge in [0.15, 0.2) is 0 Å². The topological polar surface area (TPSA) is 41.1 Å². The molecule has 8 bridgehead atoms. The van der Waals surface area contributed by atoms with E-state index in [1.807, 2.05) is 97.1 Å². The average Bonchev–Trinajstić information content (AvgIpc) is 3.18. The molecule has 0 saturated carbocycles. The summed E-state index contributed by atoms with van der Waals surface area (Å²) in [7, 11) is 0. The van der Waals surface area contributed by atoms with Crippen LogP contribution in [0.15, 0.2) is 154 Å². The summed E-state index contributed by atoms with van der Waals surface area (Å²) in [6, 6.07) is 45.1. The van der Waals surface area contributed by atoms with Crippen LogP contribution in [0.25, 0.3) is 11.1 Å². The molecule has 4 nitrogen and oxygen atoms in total. The number of benzene rings is 6. The molecule has 7 aliphatic rings. The molecule has 6 aromatic rings. The van der Waals surface area contributed by atoms with Crippen LogP contribution in [0.4, 0.5) is 8.78 Å². The second-order valence-electron chi connectivity index (χ2n) is 15.3. The Morgan fingerprint density at radius 3 is 1.06 bits per heavy atom. The Hall–Kier alpha value is -5.88. The van der Waals surface area contributed by atoms with E-state index in [0.717, 1.165) is 66.2 Å². The molecule has 7 heterocycles. The van der Waals surface area contributed by atoms with Gasteiger partial charge in [0.1, 0.15) is 28.5 Å². The number of hydrogen-bond donors (Lipinski definition) is 0. The summed E-state index contributed by atoms with van der Waals surface area (Å²) < 4.78 is 53.0. The van der Waals surface area contributed by atoms with Crippen LogP contribution in [0, 0.1) is 22.5 Å². The lowest BCUT2D eigenvalue weighted by atomic mass is 9.95. The fourth-order valence-corrected chi connectivity index (χ4v) is 6.30. The van der Waals surface area contributed by atoms with Crippen molar-refractivity contribution in [2.75, 3.05) is 26.4 Å². The van der Waals surface area contributed by atoms with E-state index in [2.05, 4.69) is 27.7 Å². The molecule has 0 atom stereocenters. The molecule has 6 heteroatoms. The number of halogens is 2. The van der Waals surface area contributed by atoms with Gasteiger partial charge in [-0.3, -0.25) is 8.85 Å². The first-order valence-corrected chi connectivity index (χ1v) is 18.2. The molecule has 0 spiro atoms. The lowest BCUT2D eigenvalue weighted by Crippen LogP contribution is -2.28. The van der Waals surface area contributed by atoms with Crippen LogP contribution >= 0.6 is 0 Å². The lowest BCUT2D eigenvalue weighted by molar-refractivity contribution is 0.110. The Labute approximate surface area is 314 Å². The monoisotopic (exact) mass is 722 g/mol. The van der Waals surface area contributed by atoms with Gasteiger partial charge in [0, 0.05) is 29.7 Å². The highest BCUT2D eigenvalue weighted by molar-refractivity contribution is 5.80. The van der Waals surface area contributed by atoms with Gasteiger partial charge in [-0.15, -0.1) is 0 Å². The van der Waals surface area contributed by atoms with Crippen molar-refractivity contribution in [2.45, 2.75) is 27.7 Å². The van der Waals surface area contributed by atoms with Crippen LogP contribution in [0.3, 0.4) is 0 Å². The molecule has 7 aliphatic heterocycles.